The molecule has 6 saturated heterocycles. The maximum absolute atomic E-state index is 13.0. The largest absolute Gasteiger partial charge is 0.444 e. The Balaban J connectivity index is 0.000000180. The third-order valence-corrected chi connectivity index (χ3v) is 9.22. The predicted octanol–water partition coefficient (Wildman–Crippen LogP) is 1.33. The average Bonchev–Trinajstić information content (AvgIpc) is 3.36. The highest BCUT2D eigenvalue weighted by atomic mass is 16.6. The Labute approximate surface area is 252 Å². The molecule has 6 heterocycles. The van der Waals surface area contributed by atoms with E-state index in [0.29, 0.717) is 78.0 Å². The minimum atomic E-state index is -0.881. The molecule has 6 aliphatic rings. The standard InChI is InChI=1S/C17H27N3O5.C12H19N3O3/c1-16(2,3)25-15(23)19-8-6-17(7-9-19)13(21)20(14(22)18-17)12-4-10-24-11-5-12;16-10-12(3-5-13-6-4-12)14-11(17)15(10)9-1-7-18-8-2-9/h12H,4-11H2,1-3H3,(H,18,22);9,13H,1-8H2,(H,14,17). The van der Waals surface area contributed by atoms with Gasteiger partial charge >= 0.3 is 18.2 Å². The van der Waals surface area contributed by atoms with Gasteiger partial charge in [-0.15, -0.1) is 0 Å². The third-order valence-electron chi connectivity index (χ3n) is 9.22. The van der Waals surface area contributed by atoms with Crippen LogP contribution in [0.5, 0.6) is 0 Å². The van der Waals surface area contributed by atoms with E-state index >= 15 is 0 Å². The Hall–Kier alpha value is -2.97. The lowest BCUT2D eigenvalue weighted by Gasteiger charge is -2.38. The summed E-state index contributed by atoms with van der Waals surface area (Å²) in [4.78, 5) is 66.6. The van der Waals surface area contributed by atoms with Crippen LogP contribution in [0.15, 0.2) is 0 Å². The minimum Gasteiger partial charge on any atom is -0.444 e. The number of rotatable bonds is 2. The molecule has 0 radical (unpaired) electrons. The predicted molar refractivity (Wildman–Crippen MR) is 153 cm³/mol. The molecule has 3 N–H and O–H groups in total. The summed E-state index contributed by atoms with van der Waals surface area (Å²) in [6, 6.07) is -0.610. The summed E-state index contributed by atoms with van der Waals surface area (Å²) in [6.07, 6.45) is 4.71. The van der Waals surface area contributed by atoms with Crippen LogP contribution in [-0.4, -0.2) is 126 Å². The van der Waals surface area contributed by atoms with Gasteiger partial charge in [0.1, 0.15) is 16.7 Å². The van der Waals surface area contributed by atoms with E-state index < -0.39 is 16.7 Å². The molecule has 6 aliphatic heterocycles. The molecule has 0 aromatic rings. The highest BCUT2D eigenvalue weighted by Crippen LogP contribution is 2.33. The van der Waals surface area contributed by atoms with Crippen molar-refractivity contribution in [2.45, 2.75) is 101 Å². The Kier molecular flexibility index (Phi) is 9.19. The number of hydrogen-bond donors (Lipinski definition) is 3. The van der Waals surface area contributed by atoms with Crippen molar-refractivity contribution < 1.29 is 38.2 Å². The molecule has 0 aliphatic carbocycles. The maximum atomic E-state index is 13.0. The van der Waals surface area contributed by atoms with Gasteiger partial charge in [0.2, 0.25) is 0 Å². The van der Waals surface area contributed by atoms with Crippen LogP contribution in [0.3, 0.4) is 0 Å². The van der Waals surface area contributed by atoms with E-state index in [1.165, 1.54) is 9.80 Å². The summed E-state index contributed by atoms with van der Waals surface area (Å²) >= 11 is 0. The molecular weight excluding hydrogens is 560 g/mol. The van der Waals surface area contributed by atoms with Crippen molar-refractivity contribution in [2.24, 2.45) is 0 Å². The molecular formula is C29H46N6O8. The monoisotopic (exact) mass is 606 g/mol. The topological polar surface area (TPSA) is 159 Å². The number of nitrogens with one attached hydrogen (secondary N) is 3. The minimum absolute atomic E-state index is 0.0144. The first-order valence-electron chi connectivity index (χ1n) is 15.6. The number of urea groups is 2. The zero-order chi connectivity index (χ0) is 30.8. The van der Waals surface area contributed by atoms with Gasteiger partial charge in [-0.3, -0.25) is 19.4 Å². The zero-order valence-corrected chi connectivity index (χ0v) is 25.6. The van der Waals surface area contributed by atoms with E-state index in [4.69, 9.17) is 14.2 Å². The second-order valence-electron chi connectivity index (χ2n) is 13.3. The van der Waals surface area contributed by atoms with Gasteiger partial charge in [0.15, 0.2) is 0 Å². The smallest absolute Gasteiger partial charge is 0.410 e. The first kappa shape index (κ1) is 31.5. The molecule has 0 saturated carbocycles. The maximum Gasteiger partial charge on any atom is 0.410 e. The van der Waals surface area contributed by atoms with Crippen LogP contribution in [0.25, 0.3) is 0 Å². The lowest BCUT2D eigenvalue weighted by Crippen LogP contribution is -2.56. The summed E-state index contributed by atoms with van der Waals surface area (Å²) in [6.45, 7) is 10.2. The van der Waals surface area contributed by atoms with Crippen LogP contribution in [-0.2, 0) is 23.8 Å². The van der Waals surface area contributed by atoms with Crippen molar-refractivity contribution in [3.8, 4) is 0 Å². The fourth-order valence-electron chi connectivity index (χ4n) is 6.76. The van der Waals surface area contributed by atoms with Gasteiger partial charge in [0, 0.05) is 51.6 Å². The SMILES string of the molecule is CC(C)(C)OC(=O)N1CCC2(CC1)NC(=O)N(C1CCOCC1)C2=O.O=C1NC2(CCNCC2)C(=O)N1C1CCOCC1. The third kappa shape index (κ3) is 6.60. The van der Waals surface area contributed by atoms with Gasteiger partial charge in [0.05, 0.1) is 0 Å². The van der Waals surface area contributed by atoms with Gasteiger partial charge in [-0.1, -0.05) is 0 Å². The molecule has 2 spiro atoms. The second kappa shape index (κ2) is 12.6. The lowest BCUT2D eigenvalue weighted by molar-refractivity contribution is -0.136. The number of carbonyl (C=O) groups excluding carboxylic acids is 5. The van der Waals surface area contributed by atoms with E-state index in [9.17, 15) is 24.0 Å². The van der Waals surface area contributed by atoms with Crippen molar-refractivity contribution in [2.75, 3.05) is 52.6 Å². The fraction of sp³-hybridized carbons (Fsp3) is 0.828. The van der Waals surface area contributed by atoms with Gasteiger partial charge in [-0.2, -0.15) is 0 Å². The zero-order valence-electron chi connectivity index (χ0n) is 25.6. The number of ether oxygens (including phenoxy) is 3. The quantitative estimate of drug-likeness (QED) is 0.394. The van der Waals surface area contributed by atoms with Crippen LogP contribution in [0.4, 0.5) is 14.4 Å². The van der Waals surface area contributed by atoms with E-state index in [2.05, 4.69) is 16.0 Å². The molecule has 14 heteroatoms. The lowest BCUT2D eigenvalue weighted by atomic mass is 9.87. The van der Waals surface area contributed by atoms with Crippen molar-refractivity contribution in [1.82, 2.24) is 30.7 Å². The number of carbonyl (C=O) groups is 5. The number of hydrogen-bond acceptors (Lipinski definition) is 9. The number of likely N-dealkylation sites (tertiary alicyclic amines) is 1. The molecule has 240 valence electrons. The van der Waals surface area contributed by atoms with Crippen LogP contribution < -0.4 is 16.0 Å². The number of nitrogens with zero attached hydrogens (tertiary/aromatic N) is 3. The molecule has 43 heavy (non-hydrogen) atoms. The summed E-state index contributed by atoms with van der Waals surface area (Å²) in [7, 11) is 0. The van der Waals surface area contributed by atoms with Gasteiger partial charge in [0.25, 0.3) is 11.8 Å². The van der Waals surface area contributed by atoms with Crippen LogP contribution >= 0.6 is 0 Å². The molecule has 14 nitrogen and oxygen atoms in total. The Bertz CT molecular complexity index is 1080. The summed E-state index contributed by atoms with van der Waals surface area (Å²) < 4.78 is 16.0. The first-order chi connectivity index (χ1) is 20.4. The highest BCUT2D eigenvalue weighted by Gasteiger charge is 2.55. The fourth-order valence-corrected chi connectivity index (χ4v) is 6.76. The highest BCUT2D eigenvalue weighted by molar-refractivity contribution is 6.08. The van der Waals surface area contributed by atoms with Crippen molar-refractivity contribution in [3.63, 3.8) is 0 Å². The molecule has 7 amide bonds. The number of amides is 7. The van der Waals surface area contributed by atoms with Crippen molar-refractivity contribution >= 4 is 30.0 Å². The van der Waals surface area contributed by atoms with Crippen LogP contribution in [0.2, 0.25) is 0 Å². The molecule has 0 bridgehead atoms. The number of piperidine rings is 2. The van der Waals surface area contributed by atoms with Gasteiger partial charge in [-0.05, 0) is 85.2 Å². The van der Waals surface area contributed by atoms with E-state index in [0.717, 1.165) is 25.9 Å². The Morgan fingerprint density at radius 2 is 1.16 bits per heavy atom. The molecule has 0 aromatic heterocycles. The summed E-state index contributed by atoms with van der Waals surface area (Å²) in [5.74, 6) is -0.186. The normalized spacial score (nSPS) is 26.3. The van der Waals surface area contributed by atoms with Crippen molar-refractivity contribution in [3.05, 3.63) is 0 Å². The first-order valence-corrected chi connectivity index (χ1v) is 15.6. The average molecular weight is 607 g/mol. The van der Waals surface area contributed by atoms with Gasteiger partial charge in [-0.25, -0.2) is 14.4 Å². The summed E-state index contributed by atoms with van der Waals surface area (Å²) in [5, 5.41) is 9.04. The van der Waals surface area contributed by atoms with Gasteiger partial charge < -0.3 is 35.1 Å². The second-order valence-corrected chi connectivity index (χ2v) is 13.3. The van der Waals surface area contributed by atoms with E-state index in [-0.39, 0.29) is 42.1 Å². The molecule has 6 rings (SSSR count). The van der Waals surface area contributed by atoms with Crippen LogP contribution in [0.1, 0.15) is 72.1 Å². The molecule has 0 aromatic carbocycles. The van der Waals surface area contributed by atoms with Crippen LogP contribution in [0, 0.1) is 0 Å². The van der Waals surface area contributed by atoms with E-state index in [1.807, 2.05) is 20.8 Å². The van der Waals surface area contributed by atoms with Crippen molar-refractivity contribution in [1.29, 1.82) is 0 Å². The number of imide groups is 2. The summed E-state index contributed by atoms with van der Waals surface area (Å²) in [5.41, 5.74) is -2.07. The molecule has 0 unspecified atom stereocenters. The molecule has 0 atom stereocenters. The molecule has 6 fully saturated rings. The van der Waals surface area contributed by atoms with E-state index in [1.54, 1.807) is 4.90 Å². The Morgan fingerprint density at radius 1 is 0.744 bits per heavy atom. The Morgan fingerprint density at radius 3 is 1.58 bits per heavy atom.